The van der Waals surface area contributed by atoms with Crippen LogP contribution in [0.25, 0.3) is 0 Å². The number of hydrogen-bond acceptors (Lipinski definition) is 8. The maximum atomic E-state index is 11.8. The molecule has 0 bridgehead atoms. The van der Waals surface area contributed by atoms with E-state index in [0.717, 1.165) is 66.2 Å². The number of rotatable bonds is 4. The van der Waals surface area contributed by atoms with Crippen LogP contribution >= 0.6 is 23.2 Å². The van der Waals surface area contributed by atoms with Gasteiger partial charge in [-0.05, 0) is 113 Å². The predicted molar refractivity (Wildman–Crippen MR) is 176 cm³/mol. The van der Waals surface area contributed by atoms with Crippen molar-refractivity contribution >= 4 is 52.8 Å². The molecule has 0 aromatic heterocycles. The summed E-state index contributed by atoms with van der Waals surface area (Å²) in [5.74, 6) is 0.216. The minimum Gasteiger partial charge on any atom is -0.379 e. The van der Waals surface area contributed by atoms with Gasteiger partial charge in [-0.1, -0.05) is 44.5 Å². The molecular formula is C34H48Cl2N2O7. The van der Waals surface area contributed by atoms with Crippen molar-refractivity contribution in [2.24, 2.45) is 0 Å². The smallest absolute Gasteiger partial charge is 0.373 e. The largest absolute Gasteiger partial charge is 0.379 e. The maximum Gasteiger partial charge on any atom is 0.373 e. The molecule has 0 radical (unpaired) electrons. The Hall–Kier alpha value is -3.03. The van der Waals surface area contributed by atoms with Crippen LogP contribution in [0, 0.1) is 13.8 Å². The lowest BCUT2D eigenvalue weighted by atomic mass is 10.1. The van der Waals surface area contributed by atoms with Crippen LogP contribution in [0.4, 0.5) is 11.4 Å². The van der Waals surface area contributed by atoms with E-state index >= 15 is 0 Å². The van der Waals surface area contributed by atoms with Crippen LogP contribution in [0.1, 0.15) is 90.7 Å². The summed E-state index contributed by atoms with van der Waals surface area (Å²) in [7, 11) is 0. The van der Waals surface area contributed by atoms with E-state index in [1.807, 2.05) is 49.1 Å². The first-order chi connectivity index (χ1) is 20.9. The molecule has 2 unspecified atom stereocenters. The van der Waals surface area contributed by atoms with Crippen LogP contribution < -0.4 is 9.80 Å². The van der Waals surface area contributed by atoms with Gasteiger partial charge in [-0.3, -0.25) is 4.79 Å². The van der Waals surface area contributed by atoms with Gasteiger partial charge in [0.2, 0.25) is 5.91 Å². The quantitative estimate of drug-likeness (QED) is 0.355. The van der Waals surface area contributed by atoms with Gasteiger partial charge in [0.1, 0.15) is 6.23 Å². The second-order valence-electron chi connectivity index (χ2n) is 10.9. The van der Waals surface area contributed by atoms with Gasteiger partial charge in [0, 0.05) is 46.5 Å². The summed E-state index contributed by atoms with van der Waals surface area (Å²) < 4.78 is 5.15. The lowest BCUT2D eigenvalue weighted by molar-refractivity contribution is -0.193. The van der Waals surface area contributed by atoms with E-state index in [2.05, 4.69) is 31.7 Å². The molecule has 3 heterocycles. The van der Waals surface area contributed by atoms with Crippen LogP contribution in [0.2, 0.25) is 10.0 Å². The average molecular weight is 668 g/mol. The summed E-state index contributed by atoms with van der Waals surface area (Å²) in [6.45, 7) is 11.4. The van der Waals surface area contributed by atoms with Crippen LogP contribution in [0.5, 0.6) is 0 Å². The average Bonchev–Trinajstić information content (AvgIpc) is 3.68. The van der Waals surface area contributed by atoms with E-state index in [9.17, 15) is 9.90 Å². The third-order valence-electron chi connectivity index (χ3n) is 7.53. The third kappa shape index (κ3) is 14.3. The van der Waals surface area contributed by atoms with Crippen LogP contribution in [-0.4, -0.2) is 54.3 Å². The Morgan fingerprint density at radius 1 is 0.822 bits per heavy atom. The minimum atomic E-state index is -0.359. The van der Waals surface area contributed by atoms with E-state index < -0.39 is 0 Å². The number of aliphatic hydroxyl groups excluding tert-OH is 1. The normalized spacial score (nSPS) is 21.2. The highest BCUT2D eigenvalue weighted by atomic mass is 35.5. The number of nitrogens with zero attached hydrogens (tertiary/aromatic N) is 2. The van der Waals surface area contributed by atoms with Gasteiger partial charge in [0.05, 0.1) is 6.10 Å². The molecule has 0 saturated carbocycles. The summed E-state index contributed by atoms with van der Waals surface area (Å²) in [6.07, 6.45) is 8.80. The predicted octanol–water partition coefficient (Wildman–Crippen LogP) is 7.55. The van der Waals surface area contributed by atoms with Crippen LogP contribution in [0.15, 0.2) is 36.4 Å². The molecule has 0 spiro atoms. The van der Waals surface area contributed by atoms with Crippen molar-refractivity contribution < 1.29 is 33.8 Å². The Labute approximate surface area is 277 Å². The zero-order valence-electron chi connectivity index (χ0n) is 26.2. The highest BCUT2D eigenvalue weighted by Gasteiger charge is 2.32. The minimum absolute atomic E-state index is 0. The molecular weight excluding hydrogens is 619 g/mol. The van der Waals surface area contributed by atoms with Gasteiger partial charge >= 0.3 is 12.3 Å². The number of aryl methyl sites for hydroxylation is 2. The van der Waals surface area contributed by atoms with E-state index in [1.54, 1.807) is 0 Å². The molecule has 4 atom stereocenters. The van der Waals surface area contributed by atoms with E-state index in [-0.39, 0.29) is 31.9 Å². The topological polar surface area (TPSA) is 121 Å². The van der Waals surface area contributed by atoms with Gasteiger partial charge in [-0.15, -0.1) is 0 Å². The van der Waals surface area contributed by atoms with Crippen molar-refractivity contribution in [2.75, 3.05) is 16.4 Å². The van der Waals surface area contributed by atoms with Crippen LogP contribution in [-0.2, 0) is 28.7 Å². The molecule has 3 aliphatic heterocycles. The molecule has 1 amide bonds. The van der Waals surface area contributed by atoms with Crippen LogP contribution in [0.3, 0.4) is 0 Å². The third-order valence-corrected chi connectivity index (χ3v) is 7.96. The van der Waals surface area contributed by atoms with Crippen molar-refractivity contribution in [3.63, 3.8) is 0 Å². The standard InChI is InChI=1S/C13H18ClNO.C13H16ClNO.C5H10O.2CO2.CH4/c2*1-3-11-4-5-13(16)15(11)12-7-9(2)6-10(14)8-12;1-5-3-2-4-6-5;2*2-1-3;/h6-8,11,13,16H,3-5H2,1-2H3;6-8,11H,3-5H2,1-2H3;5H,2-4H2,1H3;;;1H4/t11-,13?;11-;;;;/m00..../s1. The fraction of sp³-hybridized carbons (Fsp3) is 0.559. The summed E-state index contributed by atoms with van der Waals surface area (Å²) in [5.41, 5.74) is 4.22. The number of anilines is 2. The Kier molecular flexibility index (Phi) is 21.0. The lowest BCUT2D eigenvalue weighted by Gasteiger charge is -2.29. The van der Waals surface area contributed by atoms with Gasteiger partial charge < -0.3 is 19.6 Å². The number of amides is 1. The van der Waals surface area contributed by atoms with Gasteiger partial charge in [-0.25, -0.2) is 0 Å². The summed E-state index contributed by atoms with van der Waals surface area (Å²) in [6, 6.07) is 12.5. The summed E-state index contributed by atoms with van der Waals surface area (Å²) in [5, 5.41) is 11.4. The van der Waals surface area contributed by atoms with E-state index in [4.69, 9.17) is 47.1 Å². The number of hydrogen-bond donors (Lipinski definition) is 1. The van der Waals surface area contributed by atoms with E-state index in [1.165, 1.54) is 12.8 Å². The number of ether oxygens (including phenoxy) is 1. The summed E-state index contributed by atoms with van der Waals surface area (Å²) in [4.78, 5) is 48.3. The molecule has 3 saturated heterocycles. The fourth-order valence-corrected chi connectivity index (χ4v) is 6.16. The Morgan fingerprint density at radius 3 is 1.76 bits per heavy atom. The second kappa shape index (κ2) is 22.5. The maximum absolute atomic E-state index is 11.8. The molecule has 9 nitrogen and oxygen atoms in total. The molecule has 45 heavy (non-hydrogen) atoms. The molecule has 5 rings (SSSR count). The molecule has 250 valence electrons. The van der Waals surface area contributed by atoms with Crippen molar-refractivity contribution in [3.8, 4) is 0 Å². The monoisotopic (exact) mass is 666 g/mol. The molecule has 3 fully saturated rings. The zero-order chi connectivity index (χ0) is 33.2. The van der Waals surface area contributed by atoms with Crippen molar-refractivity contribution in [1.82, 2.24) is 0 Å². The van der Waals surface area contributed by atoms with E-state index in [0.29, 0.717) is 29.6 Å². The second-order valence-corrected chi connectivity index (χ2v) is 11.7. The SMILES string of the molecule is C.CC1CCCO1.CC[C@H]1CCC(=O)N1c1cc(C)cc(Cl)c1.CC[C@H]1CCC(O)N1c1cc(C)cc(Cl)c1.O=C=O.O=C=O. The first kappa shape index (κ1) is 42.0. The first-order valence-corrected chi connectivity index (χ1v) is 15.6. The number of carbonyl (C=O) groups excluding carboxylic acids is 5. The first-order valence-electron chi connectivity index (χ1n) is 14.9. The molecule has 1 N–H and O–H groups in total. The Balaban J connectivity index is 0.000000625. The van der Waals surface area contributed by atoms with Crippen molar-refractivity contribution in [2.45, 2.75) is 118 Å². The van der Waals surface area contributed by atoms with Gasteiger partial charge in [0.25, 0.3) is 0 Å². The number of halogens is 2. The highest BCUT2D eigenvalue weighted by Crippen LogP contribution is 2.33. The van der Waals surface area contributed by atoms with Crippen molar-refractivity contribution in [3.05, 3.63) is 57.6 Å². The molecule has 2 aromatic carbocycles. The van der Waals surface area contributed by atoms with Gasteiger partial charge in [-0.2, -0.15) is 19.2 Å². The Bertz CT molecular complexity index is 1190. The number of aliphatic hydroxyl groups is 1. The molecule has 0 aliphatic carbocycles. The number of benzene rings is 2. The molecule has 11 heteroatoms. The summed E-state index contributed by atoms with van der Waals surface area (Å²) >= 11 is 12.1. The molecule has 3 aliphatic rings. The number of carbonyl (C=O) groups is 1. The molecule has 2 aromatic rings. The van der Waals surface area contributed by atoms with Crippen molar-refractivity contribution in [1.29, 1.82) is 0 Å². The highest BCUT2D eigenvalue weighted by molar-refractivity contribution is 6.31. The zero-order valence-corrected chi connectivity index (χ0v) is 27.7. The fourth-order valence-electron chi connectivity index (χ4n) is 5.59. The van der Waals surface area contributed by atoms with Gasteiger partial charge in [0.15, 0.2) is 0 Å². The lowest BCUT2D eigenvalue weighted by Crippen LogP contribution is -2.35. The Morgan fingerprint density at radius 2 is 1.33 bits per heavy atom.